The summed E-state index contributed by atoms with van der Waals surface area (Å²) >= 11 is 0. The van der Waals surface area contributed by atoms with E-state index >= 15 is 0 Å². The molecule has 1 aliphatic rings. The number of allylic oxidation sites excluding steroid dienone is 2. The van der Waals surface area contributed by atoms with Crippen molar-refractivity contribution in [3.8, 4) is 11.5 Å². The average molecular weight is 340 g/mol. The van der Waals surface area contributed by atoms with Gasteiger partial charge in [-0.1, -0.05) is 11.6 Å². The van der Waals surface area contributed by atoms with Gasteiger partial charge in [0.05, 0.1) is 6.61 Å². The number of phenols is 1. The van der Waals surface area contributed by atoms with E-state index in [1.165, 1.54) is 12.1 Å². The summed E-state index contributed by atoms with van der Waals surface area (Å²) < 4.78 is 11.0. The molecule has 1 saturated heterocycles. The maximum atomic E-state index is 10.0. The summed E-state index contributed by atoms with van der Waals surface area (Å²) in [5.74, 6) is 0.447. The fourth-order valence-corrected chi connectivity index (χ4v) is 2.44. The van der Waals surface area contributed by atoms with Crippen LogP contribution in [0, 0.1) is 0 Å². The Balaban J connectivity index is 2.21. The van der Waals surface area contributed by atoms with E-state index in [0.29, 0.717) is 17.7 Å². The average Bonchev–Trinajstić information content (AvgIpc) is 2.55. The van der Waals surface area contributed by atoms with Crippen molar-refractivity contribution in [1.82, 2.24) is 0 Å². The number of ether oxygens (including phenoxy) is 2. The third-order valence-corrected chi connectivity index (χ3v) is 3.87. The molecule has 1 aliphatic heterocycles. The fourth-order valence-electron chi connectivity index (χ4n) is 2.44. The Morgan fingerprint density at radius 1 is 1.17 bits per heavy atom. The Kier molecular flexibility index (Phi) is 6.20. The van der Waals surface area contributed by atoms with E-state index in [2.05, 4.69) is 0 Å². The highest BCUT2D eigenvalue weighted by molar-refractivity contribution is 5.41. The number of hydrogen-bond acceptors (Lipinski definition) is 7. The molecule has 1 aromatic rings. The number of aromatic hydroxyl groups is 1. The smallest absolute Gasteiger partial charge is 0.229 e. The molecule has 0 spiro atoms. The van der Waals surface area contributed by atoms with Crippen LogP contribution in [-0.4, -0.2) is 62.8 Å². The Hall–Kier alpha value is -1.64. The van der Waals surface area contributed by atoms with Gasteiger partial charge in [0.1, 0.15) is 35.9 Å². The number of phenolic OH excluding ortho intramolecular Hbond substituents is 1. The topological polar surface area (TPSA) is 120 Å². The van der Waals surface area contributed by atoms with Gasteiger partial charge < -0.3 is 35.0 Å². The van der Waals surface area contributed by atoms with Gasteiger partial charge in [-0.2, -0.15) is 0 Å². The monoisotopic (exact) mass is 340 g/mol. The van der Waals surface area contributed by atoms with Crippen molar-refractivity contribution in [2.45, 2.75) is 51.0 Å². The number of benzene rings is 1. The second-order valence-electron chi connectivity index (χ2n) is 6.09. The van der Waals surface area contributed by atoms with E-state index in [9.17, 15) is 25.5 Å². The Labute approximate surface area is 140 Å². The van der Waals surface area contributed by atoms with Gasteiger partial charge in [0, 0.05) is 5.56 Å². The summed E-state index contributed by atoms with van der Waals surface area (Å²) in [5.41, 5.74) is 1.77. The first-order valence-corrected chi connectivity index (χ1v) is 7.76. The van der Waals surface area contributed by atoms with Crippen LogP contribution in [0.3, 0.4) is 0 Å². The molecular weight excluding hydrogens is 316 g/mol. The van der Waals surface area contributed by atoms with Gasteiger partial charge in [0.15, 0.2) is 0 Å². The zero-order valence-electron chi connectivity index (χ0n) is 13.7. The molecule has 1 heterocycles. The molecule has 7 heteroatoms. The molecule has 134 valence electrons. The molecule has 24 heavy (non-hydrogen) atoms. The molecule has 0 bridgehead atoms. The van der Waals surface area contributed by atoms with Crippen molar-refractivity contribution < 1.29 is 35.0 Å². The first-order valence-electron chi connectivity index (χ1n) is 7.76. The van der Waals surface area contributed by atoms with Gasteiger partial charge in [0.2, 0.25) is 6.29 Å². The van der Waals surface area contributed by atoms with Crippen LogP contribution in [0.2, 0.25) is 0 Å². The SMILES string of the molecule is CC(C)=CCc1cc(O)ccc1O[C@H]1O[C@H](CO)[C@@H](O)[C@H](O)[C@H]1O. The molecule has 1 fully saturated rings. The summed E-state index contributed by atoms with van der Waals surface area (Å²) in [5, 5.41) is 48.5. The normalized spacial score (nSPS) is 30.0. The van der Waals surface area contributed by atoms with E-state index in [1.807, 2.05) is 19.9 Å². The van der Waals surface area contributed by atoms with Crippen LogP contribution < -0.4 is 4.74 Å². The zero-order valence-corrected chi connectivity index (χ0v) is 13.7. The van der Waals surface area contributed by atoms with Gasteiger partial charge in [-0.3, -0.25) is 0 Å². The van der Waals surface area contributed by atoms with E-state index in [4.69, 9.17) is 9.47 Å². The first-order chi connectivity index (χ1) is 11.3. The van der Waals surface area contributed by atoms with E-state index in [1.54, 1.807) is 6.07 Å². The quantitative estimate of drug-likeness (QED) is 0.482. The second-order valence-corrected chi connectivity index (χ2v) is 6.09. The molecule has 2 rings (SSSR count). The predicted molar refractivity (Wildman–Crippen MR) is 85.6 cm³/mol. The minimum atomic E-state index is -1.50. The van der Waals surface area contributed by atoms with Crippen molar-refractivity contribution >= 4 is 0 Å². The lowest BCUT2D eigenvalue weighted by Gasteiger charge is -2.39. The lowest BCUT2D eigenvalue weighted by Crippen LogP contribution is -2.60. The van der Waals surface area contributed by atoms with Crippen LogP contribution in [-0.2, 0) is 11.2 Å². The van der Waals surface area contributed by atoms with Gasteiger partial charge >= 0.3 is 0 Å². The van der Waals surface area contributed by atoms with Crippen LogP contribution in [0.15, 0.2) is 29.8 Å². The van der Waals surface area contributed by atoms with Crippen molar-refractivity contribution in [3.05, 3.63) is 35.4 Å². The fraction of sp³-hybridized carbons (Fsp3) is 0.529. The second kappa shape index (κ2) is 7.96. The number of aliphatic hydroxyl groups is 4. The summed E-state index contributed by atoms with van der Waals surface area (Å²) in [6.45, 7) is 3.37. The highest BCUT2D eigenvalue weighted by Crippen LogP contribution is 2.29. The summed E-state index contributed by atoms with van der Waals surface area (Å²) in [7, 11) is 0. The Bertz CT molecular complexity index is 580. The molecular formula is C17H24O7. The number of hydrogen-bond donors (Lipinski definition) is 5. The number of rotatable bonds is 5. The van der Waals surface area contributed by atoms with Gasteiger partial charge in [-0.15, -0.1) is 0 Å². The van der Waals surface area contributed by atoms with Crippen LogP contribution in [0.4, 0.5) is 0 Å². The molecule has 0 radical (unpaired) electrons. The van der Waals surface area contributed by atoms with Crippen LogP contribution in [0.5, 0.6) is 11.5 Å². The standard InChI is InChI=1S/C17H24O7/c1-9(2)3-4-10-7-11(19)5-6-12(10)23-17-16(22)15(21)14(20)13(8-18)24-17/h3,5-7,13-22H,4,8H2,1-2H3/t13-,14-,15+,16-,17+/m1/s1. The minimum absolute atomic E-state index is 0.0771. The highest BCUT2D eigenvalue weighted by atomic mass is 16.7. The summed E-state index contributed by atoms with van der Waals surface area (Å²) in [4.78, 5) is 0. The maximum absolute atomic E-state index is 10.0. The van der Waals surface area contributed by atoms with Crippen molar-refractivity contribution in [3.63, 3.8) is 0 Å². The molecule has 5 atom stereocenters. The lowest BCUT2D eigenvalue weighted by molar-refractivity contribution is -0.277. The minimum Gasteiger partial charge on any atom is -0.508 e. The van der Waals surface area contributed by atoms with E-state index in [-0.39, 0.29) is 5.75 Å². The summed E-state index contributed by atoms with van der Waals surface area (Å²) in [6, 6.07) is 4.51. The molecule has 0 amide bonds. The largest absolute Gasteiger partial charge is 0.508 e. The van der Waals surface area contributed by atoms with E-state index < -0.39 is 37.3 Å². The molecule has 7 nitrogen and oxygen atoms in total. The van der Waals surface area contributed by atoms with Gasteiger partial charge in [-0.05, 0) is 38.5 Å². The molecule has 0 aliphatic carbocycles. The lowest BCUT2D eigenvalue weighted by atomic mass is 9.99. The van der Waals surface area contributed by atoms with Gasteiger partial charge in [-0.25, -0.2) is 0 Å². The Morgan fingerprint density at radius 3 is 2.50 bits per heavy atom. The number of aliphatic hydroxyl groups excluding tert-OH is 4. The molecule has 1 aromatic carbocycles. The highest BCUT2D eigenvalue weighted by Gasteiger charge is 2.44. The third kappa shape index (κ3) is 4.25. The van der Waals surface area contributed by atoms with E-state index in [0.717, 1.165) is 5.57 Å². The van der Waals surface area contributed by atoms with Crippen LogP contribution >= 0.6 is 0 Å². The molecule has 0 saturated carbocycles. The molecule has 5 N–H and O–H groups in total. The van der Waals surface area contributed by atoms with Crippen LogP contribution in [0.25, 0.3) is 0 Å². The predicted octanol–water partition coefficient (Wildman–Crippen LogP) is 0.0796. The van der Waals surface area contributed by atoms with Crippen molar-refractivity contribution in [2.75, 3.05) is 6.61 Å². The molecule has 0 unspecified atom stereocenters. The first kappa shape index (κ1) is 18.7. The summed E-state index contributed by atoms with van der Waals surface area (Å²) in [6.07, 6.45) is -4.25. The zero-order chi connectivity index (χ0) is 17.9. The van der Waals surface area contributed by atoms with Crippen molar-refractivity contribution in [2.24, 2.45) is 0 Å². The third-order valence-electron chi connectivity index (χ3n) is 3.87. The Morgan fingerprint density at radius 2 is 1.88 bits per heavy atom. The van der Waals surface area contributed by atoms with Crippen LogP contribution in [0.1, 0.15) is 19.4 Å². The molecule has 0 aromatic heterocycles. The van der Waals surface area contributed by atoms with Gasteiger partial charge in [0.25, 0.3) is 0 Å². The van der Waals surface area contributed by atoms with Crippen molar-refractivity contribution in [1.29, 1.82) is 0 Å². The maximum Gasteiger partial charge on any atom is 0.229 e.